The van der Waals surface area contributed by atoms with E-state index < -0.39 is 0 Å². The van der Waals surface area contributed by atoms with Gasteiger partial charge in [0.05, 0.1) is 18.3 Å². The van der Waals surface area contributed by atoms with Crippen LogP contribution in [-0.4, -0.2) is 20.7 Å². The molecule has 1 amide bonds. The number of hydrogen-bond acceptors (Lipinski definition) is 4. The fourth-order valence-electron chi connectivity index (χ4n) is 2.98. The van der Waals surface area contributed by atoms with E-state index in [2.05, 4.69) is 15.4 Å². The number of benzene rings is 1. The highest BCUT2D eigenvalue weighted by atomic mass is 35.5. The Kier molecular flexibility index (Phi) is 4.27. The van der Waals surface area contributed by atoms with Gasteiger partial charge in [0, 0.05) is 33.2 Å². The third-order valence-corrected chi connectivity index (χ3v) is 5.83. The monoisotopic (exact) mass is 392 g/mol. The van der Waals surface area contributed by atoms with E-state index in [1.165, 1.54) is 21.9 Å². The summed E-state index contributed by atoms with van der Waals surface area (Å²) < 4.78 is 1.89. The zero-order valence-electron chi connectivity index (χ0n) is 13.3. The second-order valence-electron chi connectivity index (χ2n) is 5.88. The van der Waals surface area contributed by atoms with Crippen LogP contribution in [-0.2, 0) is 31.1 Å². The summed E-state index contributed by atoms with van der Waals surface area (Å²) in [5.41, 5.74) is 3.91. The Morgan fingerprint density at radius 2 is 2.20 bits per heavy atom. The first kappa shape index (κ1) is 16.6. The molecular formula is C17H14Cl2N4OS. The molecule has 0 saturated carbocycles. The van der Waals surface area contributed by atoms with E-state index in [1.807, 2.05) is 17.9 Å². The lowest BCUT2D eigenvalue weighted by Crippen LogP contribution is -2.14. The molecule has 0 fully saturated rings. The van der Waals surface area contributed by atoms with Gasteiger partial charge >= 0.3 is 0 Å². The van der Waals surface area contributed by atoms with E-state index in [9.17, 15) is 4.79 Å². The van der Waals surface area contributed by atoms with Crippen molar-refractivity contribution in [3.63, 3.8) is 0 Å². The normalized spacial score (nSPS) is 12.6. The number of fused-ring (bicyclic) bond motifs is 3. The maximum atomic E-state index is 12.3. The van der Waals surface area contributed by atoms with E-state index in [0.29, 0.717) is 15.2 Å². The Bertz CT molecular complexity index is 979. The van der Waals surface area contributed by atoms with Gasteiger partial charge in [-0.1, -0.05) is 29.3 Å². The van der Waals surface area contributed by atoms with Gasteiger partial charge in [-0.25, -0.2) is 4.98 Å². The largest absolute Gasteiger partial charge is 0.302 e. The van der Waals surface area contributed by atoms with E-state index >= 15 is 0 Å². The second kappa shape index (κ2) is 6.44. The summed E-state index contributed by atoms with van der Waals surface area (Å²) in [7, 11) is 1.94. The number of carbonyl (C=O) groups is 1. The van der Waals surface area contributed by atoms with Crippen LogP contribution in [0.5, 0.6) is 0 Å². The Morgan fingerprint density at radius 3 is 3.00 bits per heavy atom. The quantitative estimate of drug-likeness (QED) is 0.728. The number of aromatic nitrogens is 3. The highest BCUT2D eigenvalue weighted by Crippen LogP contribution is 2.37. The zero-order valence-corrected chi connectivity index (χ0v) is 15.7. The third kappa shape index (κ3) is 3.17. The van der Waals surface area contributed by atoms with Gasteiger partial charge in [0.25, 0.3) is 0 Å². The van der Waals surface area contributed by atoms with Crippen LogP contribution in [0.15, 0.2) is 24.4 Å². The molecule has 0 aliphatic heterocycles. The minimum atomic E-state index is -0.151. The summed E-state index contributed by atoms with van der Waals surface area (Å²) in [6.45, 7) is 0. The molecule has 0 radical (unpaired) electrons. The van der Waals surface area contributed by atoms with Gasteiger partial charge < -0.3 is 5.32 Å². The predicted octanol–water partition coefficient (Wildman–Crippen LogP) is 4.13. The maximum absolute atomic E-state index is 12.3. The number of carbonyl (C=O) groups excluding carboxylic acids is 1. The van der Waals surface area contributed by atoms with Gasteiger partial charge in [-0.3, -0.25) is 9.48 Å². The fourth-order valence-corrected chi connectivity index (χ4v) is 4.44. The van der Waals surface area contributed by atoms with Crippen molar-refractivity contribution in [3.05, 3.63) is 50.6 Å². The van der Waals surface area contributed by atoms with Gasteiger partial charge in [-0.2, -0.15) is 5.10 Å². The Morgan fingerprint density at radius 1 is 1.36 bits per heavy atom. The maximum Gasteiger partial charge on any atom is 0.230 e. The highest BCUT2D eigenvalue weighted by molar-refractivity contribution is 7.16. The van der Waals surface area contributed by atoms with Crippen LogP contribution < -0.4 is 5.32 Å². The molecule has 0 spiro atoms. The SMILES string of the molecule is Cn1ncc2c1CCc1sc(NC(=O)Cc3ccc(Cl)cc3Cl)nc1-2. The van der Waals surface area contributed by atoms with Gasteiger partial charge in [0.2, 0.25) is 5.91 Å². The first-order chi connectivity index (χ1) is 12.0. The van der Waals surface area contributed by atoms with E-state index in [-0.39, 0.29) is 12.3 Å². The number of halogens is 2. The van der Waals surface area contributed by atoms with Crippen LogP contribution in [0, 0.1) is 0 Å². The molecule has 2 aromatic heterocycles. The summed E-state index contributed by atoms with van der Waals surface area (Å²) >= 11 is 13.5. The summed E-state index contributed by atoms with van der Waals surface area (Å²) in [6.07, 6.45) is 3.87. The summed E-state index contributed by atoms with van der Waals surface area (Å²) in [5, 5.41) is 8.83. The van der Waals surface area contributed by atoms with E-state index in [1.54, 1.807) is 18.2 Å². The van der Waals surface area contributed by atoms with Crippen molar-refractivity contribution in [1.29, 1.82) is 0 Å². The molecule has 8 heteroatoms. The van der Waals surface area contributed by atoms with Gasteiger partial charge in [-0.15, -0.1) is 11.3 Å². The Hall–Kier alpha value is -1.89. The van der Waals surface area contributed by atoms with Crippen LogP contribution in [0.1, 0.15) is 16.1 Å². The minimum absolute atomic E-state index is 0.151. The molecule has 0 saturated heterocycles. The van der Waals surface area contributed by atoms with Crippen LogP contribution in [0.2, 0.25) is 10.0 Å². The van der Waals surface area contributed by atoms with Crippen LogP contribution in [0.3, 0.4) is 0 Å². The lowest BCUT2D eigenvalue weighted by Gasteiger charge is -2.10. The topological polar surface area (TPSA) is 59.8 Å². The Labute approximate surface area is 158 Å². The lowest BCUT2D eigenvalue weighted by atomic mass is 10.0. The smallest absolute Gasteiger partial charge is 0.230 e. The molecule has 5 nitrogen and oxygen atoms in total. The van der Waals surface area contributed by atoms with Crippen LogP contribution in [0.4, 0.5) is 5.13 Å². The summed E-state index contributed by atoms with van der Waals surface area (Å²) in [6, 6.07) is 5.12. The van der Waals surface area contributed by atoms with Crippen molar-refractivity contribution in [3.8, 4) is 11.3 Å². The van der Waals surface area contributed by atoms with Crippen LogP contribution >= 0.6 is 34.5 Å². The number of rotatable bonds is 3. The highest BCUT2D eigenvalue weighted by Gasteiger charge is 2.24. The molecule has 2 heterocycles. The van der Waals surface area contributed by atoms with Crippen molar-refractivity contribution >= 4 is 45.6 Å². The molecule has 1 aliphatic rings. The second-order valence-corrected chi connectivity index (χ2v) is 7.81. The number of thiazole rings is 1. The fraction of sp³-hybridized carbons (Fsp3) is 0.235. The molecule has 1 aromatic carbocycles. The predicted molar refractivity (Wildman–Crippen MR) is 101 cm³/mol. The zero-order chi connectivity index (χ0) is 17.6. The molecule has 4 rings (SSSR count). The van der Waals surface area contributed by atoms with Crippen molar-refractivity contribution in [2.75, 3.05) is 5.32 Å². The van der Waals surface area contributed by atoms with Crippen molar-refractivity contribution in [2.45, 2.75) is 19.3 Å². The van der Waals surface area contributed by atoms with Crippen LogP contribution in [0.25, 0.3) is 11.3 Å². The molecule has 3 aromatic rings. The summed E-state index contributed by atoms with van der Waals surface area (Å²) in [5.74, 6) is -0.151. The average Bonchev–Trinajstić information content (AvgIpc) is 3.13. The van der Waals surface area contributed by atoms with E-state index in [0.717, 1.165) is 29.7 Å². The molecule has 1 N–H and O–H groups in total. The van der Waals surface area contributed by atoms with Crippen molar-refractivity contribution < 1.29 is 4.79 Å². The lowest BCUT2D eigenvalue weighted by molar-refractivity contribution is -0.115. The summed E-state index contributed by atoms with van der Waals surface area (Å²) in [4.78, 5) is 18.1. The molecule has 0 bridgehead atoms. The number of aryl methyl sites for hydroxylation is 2. The van der Waals surface area contributed by atoms with Gasteiger partial charge in [0.15, 0.2) is 5.13 Å². The molecular weight excluding hydrogens is 379 g/mol. The number of nitrogens with zero attached hydrogens (tertiary/aromatic N) is 3. The first-order valence-corrected chi connectivity index (χ1v) is 9.33. The van der Waals surface area contributed by atoms with Crippen molar-refractivity contribution in [1.82, 2.24) is 14.8 Å². The molecule has 25 heavy (non-hydrogen) atoms. The van der Waals surface area contributed by atoms with Gasteiger partial charge in [-0.05, 0) is 30.5 Å². The number of hydrogen-bond donors (Lipinski definition) is 1. The standard InChI is InChI=1S/C17H14Cl2N4OS/c1-23-13-4-5-14-16(11(13)8-20-23)22-17(25-14)21-15(24)6-9-2-3-10(18)7-12(9)19/h2-3,7-8H,4-6H2,1H3,(H,21,22,24). The molecule has 0 unspecified atom stereocenters. The number of nitrogens with one attached hydrogen (secondary N) is 1. The van der Waals surface area contributed by atoms with E-state index in [4.69, 9.17) is 23.2 Å². The Balaban J connectivity index is 1.53. The van der Waals surface area contributed by atoms with Crippen molar-refractivity contribution in [2.24, 2.45) is 7.05 Å². The third-order valence-electron chi connectivity index (χ3n) is 4.22. The molecule has 128 valence electrons. The molecule has 0 atom stereocenters. The first-order valence-electron chi connectivity index (χ1n) is 7.76. The number of amides is 1. The number of anilines is 1. The minimum Gasteiger partial charge on any atom is -0.302 e. The molecule has 1 aliphatic carbocycles. The van der Waals surface area contributed by atoms with Gasteiger partial charge in [0.1, 0.15) is 0 Å². The average molecular weight is 393 g/mol.